The first-order valence-corrected chi connectivity index (χ1v) is 15.1. The Morgan fingerprint density at radius 1 is 0.907 bits per heavy atom. The summed E-state index contributed by atoms with van der Waals surface area (Å²) in [4.78, 5) is 57.1. The van der Waals surface area contributed by atoms with Crippen molar-refractivity contribution in [1.82, 2.24) is 4.98 Å². The molecule has 2 aliphatic rings. The van der Waals surface area contributed by atoms with Gasteiger partial charge in [0, 0.05) is 22.0 Å². The van der Waals surface area contributed by atoms with E-state index in [4.69, 9.17) is 4.74 Å². The number of carbonyl (C=O) groups is 3. The molecule has 214 valence electrons. The van der Waals surface area contributed by atoms with Crippen molar-refractivity contribution in [2.75, 3.05) is 16.8 Å². The molecule has 0 radical (unpaired) electrons. The molecule has 8 nitrogen and oxygen atoms in total. The zero-order chi connectivity index (χ0) is 29.7. The molecule has 0 bridgehead atoms. The molecule has 7 rings (SSSR count). The molecule has 1 aromatic heterocycles. The van der Waals surface area contributed by atoms with Crippen LogP contribution in [-0.2, 0) is 14.4 Å². The second kappa shape index (κ2) is 10.8. The first-order chi connectivity index (χ1) is 20.9. The van der Waals surface area contributed by atoms with E-state index in [0.29, 0.717) is 26.9 Å². The average molecular weight is 612 g/mol. The van der Waals surface area contributed by atoms with Crippen molar-refractivity contribution in [1.29, 1.82) is 0 Å². The van der Waals surface area contributed by atoms with Crippen molar-refractivity contribution < 1.29 is 23.5 Å². The Morgan fingerprint density at radius 3 is 2.47 bits per heavy atom. The number of imide groups is 1. The lowest BCUT2D eigenvalue weighted by Crippen LogP contribution is -2.32. The van der Waals surface area contributed by atoms with Gasteiger partial charge in [-0.15, -0.1) is 0 Å². The van der Waals surface area contributed by atoms with Crippen molar-refractivity contribution in [3.05, 3.63) is 117 Å². The van der Waals surface area contributed by atoms with Crippen LogP contribution < -0.4 is 19.8 Å². The van der Waals surface area contributed by atoms with Crippen molar-refractivity contribution in [3.63, 3.8) is 0 Å². The van der Waals surface area contributed by atoms with Crippen LogP contribution in [0.3, 0.4) is 0 Å². The van der Waals surface area contributed by atoms with E-state index < -0.39 is 34.7 Å². The number of hydrogen-bond donors (Lipinski definition) is 2. The number of nitrogens with zero attached hydrogens (tertiary/aromatic N) is 1. The Morgan fingerprint density at radius 2 is 1.65 bits per heavy atom. The molecular weight excluding hydrogens is 590 g/mol. The van der Waals surface area contributed by atoms with Crippen LogP contribution in [0, 0.1) is 11.7 Å². The molecule has 5 aromatic rings. The van der Waals surface area contributed by atoms with Gasteiger partial charge in [-0.25, -0.2) is 9.29 Å². The number of fused-ring (bicyclic) bond motifs is 3. The number of rotatable bonds is 6. The highest BCUT2D eigenvalue weighted by atomic mass is 32.2. The third-order valence-corrected chi connectivity index (χ3v) is 9.96. The highest BCUT2D eigenvalue weighted by Crippen LogP contribution is 2.54. The molecule has 2 aliphatic heterocycles. The van der Waals surface area contributed by atoms with E-state index in [0.717, 1.165) is 38.8 Å². The molecular formula is C32H22FN3O5S2. The molecule has 0 spiro atoms. The number of benzene rings is 4. The van der Waals surface area contributed by atoms with Crippen LogP contribution >= 0.6 is 23.1 Å². The van der Waals surface area contributed by atoms with Crippen LogP contribution in [0.1, 0.15) is 16.4 Å². The average Bonchev–Trinajstić information content (AvgIpc) is 3.50. The van der Waals surface area contributed by atoms with E-state index in [9.17, 15) is 23.6 Å². The maximum atomic E-state index is 13.9. The lowest BCUT2D eigenvalue weighted by molar-refractivity contribution is -0.122. The molecule has 0 saturated carbocycles. The summed E-state index contributed by atoms with van der Waals surface area (Å²) in [5.74, 6) is -2.92. The van der Waals surface area contributed by atoms with Crippen LogP contribution in [0.5, 0.6) is 5.75 Å². The SMILES string of the molecule is O=C(COc1ccccc1[C@H]1c2sc(=O)[nH]c2SC2C(=O)N(c3ccc(F)cc3)C(=O)C21)Nc1ccc2ccccc2c1. The van der Waals surface area contributed by atoms with Gasteiger partial charge in [-0.05, 0) is 53.2 Å². The molecule has 3 heterocycles. The Labute approximate surface area is 252 Å². The molecule has 1 saturated heterocycles. The lowest BCUT2D eigenvalue weighted by atomic mass is 9.82. The van der Waals surface area contributed by atoms with Crippen molar-refractivity contribution in [3.8, 4) is 5.75 Å². The number of nitrogens with one attached hydrogen (secondary N) is 2. The summed E-state index contributed by atoms with van der Waals surface area (Å²) in [5.41, 5.74) is 1.48. The predicted molar refractivity (Wildman–Crippen MR) is 163 cm³/mol. The van der Waals surface area contributed by atoms with Crippen molar-refractivity contribution in [2.45, 2.75) is 16.2 Å². The zero-order valence-corrected chi connectivity index (χ0v) is 23.9. The van der Waals surface area contributed by atoms with E-state index in [1.165, 1.54) is 24.3 Å². The summed E-state index contributed by atoms with van der Waals surface area (Å²) < 4.78 is 19.6. The van der Waals surface area contributed by atoms with Gasteiger partial charge in [-0.3, -0.25) is 19.2 Å². The number of hydrogen-bond acceptors (Lipinski definition) is 7. The molecule has 3 atom stereocenters. The molecule has 1 fully saturated rings. The lowest BCUT2D eigenvalue weighted by Gasteiger charge is -2.30. The van der Waals surface area contributed by atoms with Gasteiger partial charge in [0.1, 0.15) is 16.8 Å². The number of aromatic nitrogens is 1. The van der Waals surface area contributed by atoms with Crippen LogP contribution in [-0.4, -0.2) is 34.6 Å². The van der Waals surface area contributed by atoms with Crippen LogP contribution in [0.25, 0.3) is 10.8 Å². The summed E-state index contributed by atoms with van der Waals surface area (Å²) in [6.45, 7) is -0.301. The van der Waals surface area contributed by atoms with Gasteiger partial charge in [0.25, 0.3) is 5.91 Å². The maximum Gasteiger partial charge on any atom is 0.305 e. The van der Waals surface area contributed by atoms with Gasteiger partial charge in [-0.1, -0.05) is 71.6 Å². The number of halogens is 1. The van der Waals surface area contributed by atoms with E-state index in [1.807, 2.05) is 42.5 Å². The van der Waals surface area contributed by atoms with Gasteiger partial charge in [0.15, 0.2) is 6.61 Å². The van der Waals surface area contributed by atoms with E-state index in [-0.39, 0.29) is 23.1 Å². The van der Waals surface area contributed by atoms with Crippen LogP contribution in [0.4, 0.5) is 15.8 Å². The number of ether oxygens (including phenoxy) is 1. The summed E-state index contributed by atoms with van der Waals surface area (Å²) in [6.07, 6.45) is 0. The summed E-state index contributed by atoms with van der Waals surface area (Å²) in [7, 11) is 0. The Kier molecular flexibility index (Phi) is 6.83. The summed E-state index contributed by atoms with van der Waals surface area (Å²) >= 11 is 2.13. The molecule has 2 N–H and O–H groups in total. The fourth-order valence-corrected chi connectivity index (χ4v) is 8.18. The van der Waals surface area contributed by atoms with Crippen LogP contribution in [0.2, 0.25) is 0 Å². The number of aromatic amines is 1. The molecule has 11 heteroatoms. The number of H-pyrrole nitrogens is 1. The fraction of sp³-hybridized carbons (Fsp3) is 0.125. The van der Waals surface area contributed by atoms with Gasteiger partial charge in [-0.2, -0.15) is 0 Å². The number of thiazole rings is 1. The number of carbonyl (C=O) groups excluding carboxylic acids is 3. The highest BCUT2D eigenvalue weighted by Gasteiger charge is 2.56. The largest absolute Gasteiger partial charge is 0.483 e. The third-order valence-electron chi connectivity index (χ3n) is 7.55. The Balaban J connectivity index is 1.19. The monoisotopic (exact) mass is 611 g/mol. The maximum absolute atomic E-state index is 13.9. The zero-order valence-electron chi connectivity index (χ0n) is 22.3. The quantitative estimate of drug-likeness (QED) is 0.244. The van der Waals surface area contributed by atoms with E-state index in [2.05, 4.69) is 10.3 Å². The Bertz CT molecular complexity index is 1970. The van der Waals surface area contributed by atoms with Gasteiger partial charge < -0.3 is 15.0 Å². The molecule has 4 aromatic carbocycles. The first-order valence-electron chi connectivity index (χ1n) is 13.4. The topological polar surface area (TPSA) is 109 Å². The number of anilines is 2. The Hall–Kier alpha value is -4.74. The number of amides is 3. The molecule has 3 amide bonds. The molecule has 2 unspecified atom stereocenters. The van der Waals surface area contributed by atoms with Crippen molar-refractivity contribution >= 4 is 63.0 Å². The standard InChI is InChI=1S/C32H22FN3O5S2/c33-19-10-13-21(14-11-19)36-30(38)26-25(27-29(35-32(40)43-27)42-28(26)31(36)39)22-7-3-4-8-23(22)41-16-24(37)34-20-12-9-17-5-1-2-6-18(17)15-20/h1-15,25-26,28H,16H2,(H,34,37)(H,35,40)/t25-,26?,28?/m1/s1. The first kappa shape index (κ1) is 27.1. The van der Waals surface area contributed by atoms with Crippen molar-refractivity contribution in [2.24, 2.45) is 5.92 Å². The number of para-hydroxylation sites is 1. The number of thioether (sulfide) groups is 1. The van der Waals surface area contributed by atoms with Crippen LogP contribution in [0.15, 0.2) is 101 Å². The second-order valence-electron chi connectivity index (χ2n) is 10.2. The summed E-state index contributed by atoms with van der Waals surface area (Å²) in [5, 5.41) is 4.61. The summed E-state index contributed by atoms with van der Waals surface area (Å²) in [6, 6.07) is 25.6. The van der Waals surface area contributed by atoms with Gasteiger partial charge in [0.05, 0.1) is 16.6 Å². The highest BCUT2D eigenvalue weighted by molar-refractivity contribution is 8.00. The molecule has 0 aliphatic carbocycles. The minimum atomic E-state index is -0.849. The smallest absolute Gasteiger partial charge is 0.305 e. The van der Waals surface area contributed by atoms with Gasteiger partial charge in [0.2, 0.25) is 11.8 Å². The molecule has 43 heavy (non-hydrogen) atoms. The fourth-order valence-electron chi connectivity index (χ4n) is 5.67. The van der Waals surface area contributed by atoms with E-state index >= 15 is 0 Å². The van der Waals surface area contributed by atoms with E-state index in [1.54, 1.807) is 24.3 Å². The second-order valence-corrected chi connectivity index (χ2v) is 12.3. The normalized spacial score (nSPS) is 19.3. The predicted octanol–water partition coefficient (Wildman–Crippen LogP) is 5.54. The van der Waals surface area contributed by atoms with Gasteiger partial charge >= 0.3 is 4.87 Å². The third kappa shape index (κ3) is 4.90. The minimum absolute atomic E-state index is 0.275. The minimum Gasteiger partial charge on any atom is -0.483 e.